The largest absolute Gasteiger partial charge is 0.408 e. The maximum Gasteiger partial charge on any atom is 0.315 e. The van der Waals surface area contributed by atoms with Crippen LogP contribution in [0, 0.1) is 12.3 Å². The Morgan fingerprint density at radius 2 is 2.29 bits per heavy atom. The van der Waals surface area contributed by atoms with Crippen molar-refractivity contribution < 1.29 is 14.3 Å². The van der Waals surface area contributed by atoms with E-state index in [1.165, 1.54) is 0 Å². The van der Waals surface area contributed by atoms with E-state index >= 15 is 0 Å². The van der Waals surface area contributed by atoms with Gasteiger partial charge in [0.2, 0.25) is 5.89 Å². The Balaban J connectivity index is 1.63. The number of fused-ring (bicyclic) bond motifs is 2. The molecule has 1 saturated heterocycles. The first-order chi connectivity index (χ1) is 8.15. The highest BCUT2D eigenvalue weighted by Gasteiger charge is 2.55. The van der Waals surface area contributed by atoms with Gasteiger partial charge in [0.15, 0.2) is 0 Å². The average Bonchev–Trinajstić information content (AvgIpc) is 3.00. The van der Waals surface area contributed by atoms with Crippen LogP contribution in [0.5, 0.6) is 0 Å². The summed E-state index contributed by atoms with van der Waals surface area (Å²) in [7, 11) is 0. The molecule has 2 N–H and O–H groups in total. The van der Waals surface area contributed by atoms with Crippen LogP contribution in [-0.4, -0.2) is 40.7 Å². The fraction of sp³-hybridized carbons (Fsp3) is 0.818. The molecule has 2 bridgehead atoms. The second-order valence-corrected chi connectivity index (χ2v) is 5.29. The molecular formula is C11H17N3O3. The van der Waals surface area contributed by atoms with Crippen LogP contribution in [0.25, 0.3) is 0 Å². The molecular weight excluding hydrogens is 222 g/mol. The van der Waals surface area contributed by atoms with Crippen LogP contribution in [0.2, 0.25) is 0 Å². The summed E-state index contributed by atoms with van der Waals surface area (Å²) in [5.74, 6) is 0.550. The van der Waals surface area contributed by atoms with E-state index in [0.29, 0.717) is 25.1 Å². The minimum atomic E-state index is -0.162. The quantitative estimate of drug-likeness (QED) is 0.806. The van der Waals surface area contributed by atoms with E-state index in [0.717, 1.165) is 19.3 Å². The third-order valence-corrected chi connectivity index (χ3v) is 3.92. The molecule has 1 aliphatic carbocycles. The molecule has 1 saturated carbocycles. The summed E-state index contributed by atoms with van der Waals surface area (Å²) < 4.78 is 11.1. The van der Waals surface area contributed by atoms with Crippen molar-refractivity contribution in [3.8, 4) is 0 Å². The van der Waals surface area contributed by atoms with Gasteiger partial charge >= 0.3 is 6.01 Å². The van der Waals surface area contributed by atoms with Gasteiger partial charge in [-0.25, -0.2) is 0 Å². The SMILES string of the molecule is Cc1nnc(NCC23CCC(CO)(CO2)C3)o1. The van der Waals surface area contributed by atoms with Crippen LogP contribution in [0.1, 0.15) is 25.2 Å². The highest BCUT2D eigenvalue weighted by atomic mass is 16.5. The predicted octanol–water partition coefficient (Wildman–Crippen LogP) is 0.722. The molecule has 2 aliphatic rings. The van der Waals surface area contributed by atoms with Crippen molar-refractivity contribution in [2.75, 3.05) is 25.1 Å². The van der Waals surface area contributed by atoms with Crippen molar-refractivity contribution in [3.05, 3.63) is 5.89 Å². The van der Waals surface area contributed by atoms with Gasteiger partial charge in [-0.3, -0.25) is 0 Å². The predicted molar refractivity (Wildman–Crippen MR) is 59.6 cm³/mol. The van der Waals surface area contributed by atoms with Crippen LogP contribution in [-0.2, 0) is 4.74 Å². The van der Waals surface area contributed by atoms with Gasteiger partial charge in [0.1, 0.15) is 0 Å². The van der Waals surface area contributed by atoms with Gasteiger partial charge in [-0.15, -0.1) is 5.10 Å². The van der Waals surface area contributed by atoms with Crippen molar-refractivity contribution >= 4 is 6.01 Å². The van der Waals surface area contributed by atoms with Crippen molar-refractivity contribution in [1.29, 1.82) is 0 Å². The molecule has 17 heavy (non-hydrogen) atoms. The molecule has 2 fully saturated rings. The summed E-state index contributed by atoms with van der Waals surface area (Å²) in [6.07, 6.45) is 2.93. The summed E-state index contributed by atoms with van der Waals surface area (Å²) in [5.41, 5.74) is -0.169. The van der Waals surface area contributed by atoms with Gasteiger partial charge in [0.25, 0.3) is 0 Å². The number of nitrogens with one attached hydrogen (secondary N) is 1. The van der Waals surface area contributed by atoms with E-state index < -0.39 is 0 Å². The summed E-state index contributed by atoms with van der Waals surface area (Å²) in [4.78, 5) is 0. The maximum atomic E-state index is 9.40. The fourth-order valence-electron chi connectivity index (χ4n) is 2.89. The summed E-state index contributed by atoms with van der Waals surface area (Å²) in [6, 6.07) is 0.439. The molecule has 0 amide bonds. The molecule has 1 aromatic rings. The van der Waals surface area contributed by atoms with Crippen molar-refractivity contribution in [3.63, 3.8) is 0 Å². The number of rotatable bonds is 4. The lowest BCUT2D eigenvalue weighted by molar-refractivity contribution is -0.0282. The molecule has 2 atom stereocenters. The van der Waals surface area contributed by atoms with E-state index in [4.69, 9.17) is 9.15 Å². The normalized spacial score (nSPS) is 35.4. The zero-order chi connectivity index (χ0) is 11.9. The number of aryl methyl sites for hydroxylation is 1. The molecule has 2 unspecified atom stereocenters. The molecule has 94 valence electrons. The lowest BCUT2D eigenvalue weighted by atomic mass is 9.89. The van der Waals surface area contributed by atoms with Crippen molar-refractivity contribution in [2.24, 2.45) is 5.41 Å². The molecule has 6 heteroatoms. The highest BCUT2D eigenvalue weighted by Crippen LogP contribution is 2.52. The lowest BCUT2D eigenvalue weighted by Gasteiger charge is -2.27. The van der Waals surface area contributed by atoms with Crippen LogP contribution < -0.4 is 5.32 Å². The minimum Gasteiger partial charge on any atom is -0.408 e. The molecule has 2 heterocycles. The average molecular weight is 239 g/mol. The third kappa shape index (κ3) is 1.81. The summed E-state index contributed by atoms with van der Waals surface area (Å²) in [6.45, 7) is 3.30. The second kappa shape index (κ2) is 3.68. The Kier molecular flexibility index (Phi) is 2.38. The Morgan fingerprint density at radius 1 is 1.41 bits per heavy atom. The number of aliphatic hydroxyl groups is 1. The van der Waals surface area contributed by atoms with Crippen LogP contribution in [0.4, 0.5) is 6.01 Å². The number of aromatic nitrogens is 2. The van der Waals surface area contributed by atoms with Crippen LogP contribution in [0.15, 0.2) is 4.42 Å². The monoisotopic (exact) mass is 239 g/mol. The second-order valence-electron chi connectivity index (χ2n) is 5.29. The number of ether oxygens (including phenoxy) is 1. The van der Waals surface area contributed by atoms with Gasteiger partial charge in [0.05, 0.1) is 18.8 Å². The zero-order valence-corrected chi connectivity index (χ0v) is 9.90. The van der Waals surface area contributed by atoms with Crippen molar-refractivity contribution in [2.45, 2.75) is 31.8 Å². The topological polar surface area (TPSA) is 80.4 Å². The van der Waals surface area contributed by atoms with Gasteiger partial charge in [-0.2, -0.15) is 0 Å². The standard InChI is InChI=1S/C11H17N3O3/c1-8-13-14-9(17-8)12-5-11-3-2-10(4-11,6-15)7-16-11/h15H,2-7H2,1H3,(H,12,14). The Hall–Kier alpha value is -1.14. The number of nitrogens with zero attached hydrogens (tertiary/aromatic N) is 2. The first-order valence-electron chi connectivity index (χ1n) is 5.94. The third-order valence-electron chi connectivity index (χ3n) is 3.92. The maximum absolute atomic E-state index is 9.40. The molecule has 6 nitrogen and oxygen atoms in total. The van der Waals surface area contributed by atoms with Gasteiger partial charge in [-0.05, 0) is 19.3 Å². The molecule has 0 aromatic carbocycles. The number of anilines is 1. The Bertz CT molecular complexity index is 410. The van der Waals surface area contributed by atoms with E-state index in [2.05, 4.69) is 15.5 Å². The summed E-state index contributed by atoms with van der Waals surface area (Å²) >= 11 is 0. The lowest BCUT2D eigenvalue weighted by Crippen LogP contribution is -2.35. The highest BCUT2D eigenvalue weighted by molar-refractivity contribution is 5.20. The molecule has 3 rings (SSSR count). The zero-order valence-electron chi connectivity index (χ0n) is 9.90. The van der Waals surface area contributed by atoms with E-state index in [1.54, 1.807) is 6.92 Å². The number of hydrogen-bond donors (Lipinski definition) is 2. The number of hydrogen-bond acceptors (Lipinski definition) is 6. The van der Waals surface area contributed by atoms with E-state index in [-0.39, 0.29) is 17.6 Å². The van der Waals surface area contributed by atoms with E-state index in [1.807, 2.05) is 0 Å². The minimum absolute atomic E-state index is 0.00750. The van der Waals surface area contributed by atoms with Gasteiger partial charge in [0, 0.05) is 18.9 Å². The van der Waals surface area contributed by atoms with Crippen LogP contribution >= 0.6 is 0 Å². The molecule has 0 spiro atoms. The first kappa shape index (κ1) is 11.0. The first-order valence-corrected chi connectivity index (χ1v) is 5.94. The Labute approximate surface area is 99.4 Å². The summed E-state index contributed by atoms with van der Waals surface area (Å²) in [5, 5.41) is 20.2. The molecule has 1 aliphatic heterocycles. The fourth-order valence-corrected chi connectivity index (χ4v) is 2.89. The molecule has 0 radical (unpaired) electrons. The Morgan fingerprint density at radius 3 is 2.82 bits per heavy atom. The smallest absolute Gasteiger partial charge is 0.315 e. The van der Waals surface area contributed by atoms with E-state index in [9.17, 15) is 5.11 Å². The van der Waals surface area contributed by atoms with Crippen molar-refractivity contribution in [1.82, 2.24) is 10.2 Å². The van der Waals surface area contributed by atoms with Crippen LogP contribution in [0.3, 0.4) is 0 Å². The number of aliphatic hydroxyl groups excluding tert-OH is 1. The van der Waals surface area contributed by atoms with Gasteiger partial charge < -0.3 is 19.6 Å². The molecule has 1 aromatic heterocycles. The van der Waals surface area contributed by atoms with Gasteiger partial charge in [-0.1, -0.05) is 5.10 Å².